The van der Waals surface area contributed by atoms with Gasteiger partial charge in [-0.1, -0.05) is 0 Å². The number of aliphatic carboxylic acids is 1. The van der Waals surface area contributed by atoms with Crippen molar-refractivity contribution in [1.29, 1.82) is 0 Å². The Balaban J connectivity index is 1.86. The van der Waals surface area contributed by atoms with Crippen molar-refractivity contribution in [2.75, 3.05) is 13.2 Å². The quantitative estimate of drug-likeness (QED) is 0.914. The van der Waals surface area contributed by atoms with E-state index in [0.717, 1.165) is 29.7 Å². The number of hydrogen-bond acceptors (Lipinski definition) is 4. The highest BCUT2D eigenvalue weighted by molar-refractivity contribution is 7.12. The Morgan fingerprint density at radius 3 is 2.94 bits per heavy atom. The molecule has 1 N–H and O–H groups in total. The lowest BCUT2D eigenvalue weighted by atomic mass is 9.92. The molecule has 2 heterocycles. The zero-order valence-electron chi connectivity index (χ0n) is 10.1. The van der Waals surface area contributed by atoms with Crippen molar-refractivity contribution in [3.63, 3.8) is 0 Å². The predicted octanol–water partition coefficient (Wildman–Crippen LogP) is 2.30. The number of fused-ring (bicyclic) bond motifs is 2. The maximum Gasteiger partial charge on any atom is 0.303 e. The molecule has 1 saturated heterocycles. The third kappa shape index (κ3) is 2.06. The second-order valence-corrected chi connectivity index (χ2v) is 5.97. The van der Waals surface area contributed by atoms with Crippen LogP contribution in [0.2, 0.25) is 0 Å². The standard InChI is InChI=1S/C13H16O4S/c14-12(15)4-3-9-8-10-11(18-9)2-1-5-13(10)16-6-7-17-13/h8H,1-7H2,(H,14,15). The molecule has 1 aliphatic heterocycles. The van der Waals surface area contributed by atoms with Gasteiger partial charge in [0.1, 0.15) is 0 Å². The molecule has 1 aliphatic carbocycles. The van der Waals surface area contributed by atoms with Crippen LogP contribution in [-0.4, -0.2) is 24.3 Å². The minimum absolute atomic E-state index is 0.189. The molecule has 1 aromatic heterocycles. The van der Waals surface area contributed by atoms with E-state index < -0.39 is 11.8 Å². The Hall–Kier alpha value is -0.910. The monoisotopic (exact) mass is 268 g/mol. The minimum atomic E-state index is -0.746. The third-order valence-corrected chi connectivity index (χ3v) is 4.77. The number of rotatable bonds is 3. The molecular formula is C13H16O4S. The second kappa shape index (κ2) is 4.64. The highest BCUT2D eigenvalue weighted by Crippen LogP contribution is 2.45. The summed E-state index contributed by atoms with van der Waals surface area (Å²) in [5.74, 6) is -1.27. The van der Waals surface area contributed by atoms with Gasteiger partial charge in [-0.05, 0) is 25.3 Å². The summed E-state index contributed by atoms with van der Waals surface area (Å²) in [6.07, 6.45) is 3.83. The van der Waals surface area contributed by atoms with Gasteiger partial charge < -0.3 is 14.6 Å². The lowest BCUT2D eigenvalue weighted by Gasteiger charge is -2.31. The Bertz CT molecular complexity index is 460. The van der Waals surface area contributed by atoms with Crippen molar-refractivity contribution >= 4 is 17.3 Å². The number of aryl methyl sites for hydroxylation is 2. The molecule has 1 aromatic rings. The lowest BCUT2D eigenvalue weighted by molar-refractivity contribution is -0.175. The lowest BCUT2D eigenvalue weighted by Crippen LogP contribution is -2.30. The Labute approximate surface area is 110 Å². The topological polar surface area (TPSA) is 55.8 Å². The van der Waals surface area contributed by atoms with E-state index in [4.69, 9.17) is 14.6 Å². The minimum Gasteiger partial charge on any atom is -0.481 e. The van der Waals surface area contributed by atoms with E-state index in [1.165, 1.54) is 4.88 Å². The fourth-order valence-corrected chi connectivity index (χ4v) is 3.98. The predicted molar refractivity (Wildman–Crippen MR) is 66.8 cm³/mol. The zero-order chi connectivity index (χ0) is 12.6. The van der Waals surface area contributed by atoms with Crippen molar-refractivity contribution in [3.8, 4) is 0 Å². The fraction of sp³-hybridized carbons (Fsp3) is 0.615. The first-order chi connectivity index (χ1) is 8.70. The molecule has 0 bridgehead atoms. The van der Waals surface area contributed by atoms with Crippen LogP contribution >= 0.6 is 11.3 Å². The summed E-state index contributed by atoms with van der Waals surface area (Å²) in [5, 5.41) is 8.74. The van der Waals surface area contributed by atoms with Crippen LogP contribution in [-0.2, 0) is 32.9 Å². The molecule has 0 saturated carbocycles. The van der Waals surface area contributed by atoms with E-state index in [1.54, 1.807) is 11.3 Å². The fourth-order valence-electron chi connectivity index (χ4n) is 2.72. The van der Waals surface area contributed by atoms with Gasteiger partial charge in [-0.2, -0.15) is 0 Å². The molecule has 98 valence electrons. The van der Waals surface area contributed by atoms with Gasteiger partial charge in [0.05, 0.1) is 19.6 Å². The number of thiophene rings is 1. The first-order valence-corrected chi connectivity index (χ1v) is 7.13. The molecular weight excluding hydrogens is 252 g/mol. The Morgan fingerprint density at radius 1 is 1.44 bits per heavy atom. The van der Waals surface area contributed by atoms with E-state index >= 15 is 0 Å². The van der Waals surface area contributed by atoms with Gasteiger partial charge in [0, 0.05) is 21.7 Å². The molecule has 5 heteroatoms. The Morgan fingerprint density at radius 2 is 2.22 bits per heavy atom. The van der Waals surface area contributed by atoms with Crippen molar-refractivity contribution < 1.29 is 19.4 Å². The molecule has 1 fully saturated rings. The highest BCUT2D eigenvalue weighted by Gasteiger charge is 2.43. The normalized spacial score (nSPS) is 21.1. The highest BCUT2D eigenvalue weighted by atomic mass is 32.1. The van der Waals surface area contributed by atoms with E-state index in [0.29, 0.717) is 19.6 Å². The summed E-state index contributed by atoms with van der Waals surface area (Å²) in [4.78, 5) is 13.1. The van der Waals surface area contributed by atoms with Crippen LogP contribution in [0.1, 0.15) is 34.6 Å². The Kier molecular flexibility index (Phi) is 3.13. The van der Waals surface area contributed by atoms with Gasteiger partial charge in [-0.25, -0.2) is 0 Å². The maximum atomic E-state index is 10.6. The summed E-state index contributed by atoms with van der Waals surface area (Å²) in [5.41, 5.74) is 1.15. The molecule has 1 spiro atoms. The first kappa shape index (κ1) is 12.1. The molecule has 0 aromatic carbocycles. The van der Waals surface area contributed by atoms with Gasteiger partial charge in [-0.3, -0.25) is 4.79 Å². The summed E-state index contributed by atoms with van der Waals surface area (Å²) < 4.78 is 11.6. The van der Waals surface area contributed by atoms with Crippen LogP contribution in [0, 0.1) is 0 Å². The average Bonchev–Trinajstić information content (AvgIpc) is 2.95. The molecule has 4 nitrogen and oxygen atoms in total. The molecule has 0 unspecified atom stereocenters. The summed E-state index contributed by atoms with van der Waals surface area (Å²) in [6, 6.07) is 2.09. The molecule has 0 amide bonds. The first-order valence-electron chi connectivity index (χ1n) is 6.31. The summed E-state index contributed by atoms with van der Waals surface area (Å²) in [7, 11) is 0. The molecule has 3 rings (SSSR count). The van der Waals surface area contributed by atoms with Crippen LogP contribution in [0.3, 0.4) is 0 Å². The van der Waals surface area contributed by atoms with Crippen molar-refractivity contribution in [1.82, 2.24) is 0 Å². The number of carbonyl (C=O) groups is 1. The van der Waals surface area contributed by atoms with Crippen molar-refractivity contribution in [2.24, 2.45) is 0 Å². The zero-order valence-corrected chi connectivity index (χ0v) is 10.9. The molecule has 0 radical (unpaired) electrons. The molecule has 2 aliphatic rings. The van der Waals surface area contributed by atoms with Crippen LogP contribution < -0.4 is 0 Å². The van der Waals surface area contributed by atoms with E-state index in [9.17, 15) is 4.79 Å². The average molecular weight is 268 g/mol. The number of hydrogen-bond donors (Lipinski definition) is 1. The smallest absolute Gasteiger partial charge is 0.303 e. The third-order valence-electron chi connectivity index (χ3n) is 3.52. The van der Waals surface area contributed by atoms with Crippen LogP contribution in [0.4, 0.5) is 0 Å². The van der Waals surface area contributed by atoms with E-state index in [-0.39, 0.29) is 6.42 Å². The second-order valence-electron chi connectivity index (χ2n) is 4.75. The molecule has 18 heavy (non-hydrogen) atoms. The van der Waals surface area contributed by atoms with Gasteiger partial charge in [0.25, 0.3) is 0 Å². The van der Waals surface area contributed by atoms with Crippen molar-refractivity contribution in [2.45, 2.75) is 37.9 Å². The van der Waals surface area contributed by atoms with E-state index in [1.807, 2.05) is 0 Å². The largest absolute Gasteiger partial charge is 0.481 e. The summed E-state index contributed by atoms with van der Waals surface area (Å²) >= 11 is 1.71. The molecule has 0 atom stereocenters. The van der Waals surface area contributed by atoms with Crippen LogP contribution in [0.5, 0.6) is 0 Å². The summed E-state index contributed by atoms with van der Waals surface area (Å²) in [6.45, 7) is 1.31. The number of ether oxygens (including phenoxy) is 2. The number of carboxylic acid groups (broad SMARTS) is 1. The van der Waals surface area contributed by atoms with Gasteiger partial charge in [0.15, 0.2) is 5.79 Å². The van der Waals surface area contributed by atoms with Crippen molar-refractivity contribution in [3.05, 3.63) is 21.4 Å². The SMILES string of the molecule is O=C(O)CCc1cc2c(s1)CCCC21OCCO1. The van der Waals surface area contributed by atoms with Gasteiger partial charge in [0.2, 0.25) is 0 Å². The van der Waals surface area contributed by atoms with Crippen LogP contribution in [0.15, 0.2) is 6.07 Å². The maximum absolute atomic E-state index is 10.6. The van der Waals surface area contributed by atoms with Gasteiger partial charge in [-0.15, -0.1) is 11.3 Å². The van der Waals surface area contributed by atoms with Crippen LogP contribution in [0.25, 0.3) is 0 Å². The van der Waals surface area contributed by atoms with Gasteiger partial charge >= 0.3 is 5.97 Å². The van der Waals surface area contributed by atoms with E-state index in [2.05, 4.69) is 6.07 Å². The number of carboxylic acids is 1.